The number of imidazole rings is 1. The summed E-state index contributed by atoms with van der Waals surface area (Å²) in [5.41, 5.74) is 3.63. The first-order chi connectivity index (χ1) is 17.1. The second kappa shape index (κ2) is 10.7. The van der Waals surface area contributed by atoms with E-state index in [0.29, 0.717) is 23.0 Å². The zero-order valence-corrected chi connectivity index (χ0v) is 22.1. The maximum Gasteiger partial charge on any atom is 0.254 e. The fraction of sp³-hybridized carbons (Fsp3) is 0.304. The van der Waals surface area contributed by atoms with Crippen LogP contribution in [0.5, 0.6) is 5.75 Å². The average molecular weight is 631 g/mol. The van der Waals surface area contributed by atoms with Gasteiger partial charge in [0.1, 0.15) is 22.9 Å². The Morgan fingerprint density at radius 2 is 2.08 bits per heavy atom. The lowest BCUT2D eigenvalue weighted by Crippen LogP contribution is -2.44. The van der Waals surface area contributed by atoms with E-state index in [9.17, 15) is 22.0 Å². The van der Waals surface area contributed by atoms with E-state index in [1.54, 1.807) is 13.1 Å². The highest BCUT2D eigenvalue weighted by Gasteiger charge is 2.40. The highest BCUT2D eigenvalue weighted by Crippen LogP contribution is 2.35. The van der Waals surface area contributed by atoms with Gasteiger partial charge in [0.15, 0.2) is 5.03 Å². The molecular formula is C23H24F2IN5O4S. The van der Waals surface area contributed by atoms with Crippen molar-refractivity contribution in [2.45, 2.75) is 23.3 Å². The highest BCUT2D eigenvalue weighted by molar-refractivity contribution is 14.1. The Labute approximate surface area is 220 Å². The molecule has 1 amide bonds. The van der Waals surface area contributed by atoms with Crippen LogP contribution in [0, 0.1) is 21.1 Å². The summed E-state index contributed by atoms with van der Waals surface area (Å²) in [5, 5.41) is 5.61. The van der Waals surface area contributed by atoms with Crippen molar-refractivity contribution >= 4 is 49.7 Å². The molecule has 13 heteroatoms. The van der Waals surface area contributed by atoms with Gasteiger partial charge in [-0.05, 0) is 66.2 Å². The molecule has 1 saturated heterocycles. The predicted octanol–water partition coefficient (Wildman–Crippen LogP) is 3.32. The van der Waals surface area contributed by atoms with Gasteiger partial charge in [-0.1, -0.05) is 0 Å². The van der Waals surface area contributed by atoms with E-state index >= 15 is 0 Å². The van der Waals surface area contributed by atoms with Gasteiger partial charge in [0.25, 0.3) is 5.91 Å². The zero-order valence-electron chi connectivity index (χ0n) is 19.2. The third kappa shape index (κ3) is 5.62. The molecule has 192 valence electrons. The fourth-order valence-electron chi connectivity index (χ4n) is 4.07. The second-order valence-electron chi connectivity index (χ2n) is 8.45. The molecule has 0 bridgehead atoms. The molecule has 2 unspecified atom stereocenters. The summed E-state index contributed by atoms with van der Waals surface area (Å²) in [6.45, 7) is 1.05. The van der Waals surface area contributed by atoms with Crippen molar-refractivity contribution in [2.75, 3.05) is 18.4 Å². The second-order valence-corrected chi connectivity index (χ2v) is 11.7. The van der Waals surface area contributed by atoms with Crippen molar-refractivity contribution in [1.82, 2.24) is 14.9 Å². The molecule has 4 rings (SSSR count). The number of carbonyl (C=O) groups is 1. The van der Waals surface area contributed by atoms with Crippen molar-refractivity contribution in [3.8, 4) is 5.75 Å². The largest absolute Gasteiger partial charge is 0.473 e. The van der Waals surface area contributed by atoms with Gasteiger partial charge in [-0.3, -0.25) is 4.79 Å². The van der Waals surface area contributed by atoms with Gasteiger partial charge < -0.3 is 25.7 Å². The van der Waals surface area contributed by atoms with Crippen molar-refractivity contribution in [3.05, 3.63) is 63.6 Å². The van der Waals surface area contributed by atoms with Crippen LogP contribution >= 0.6 is 22.6 Å². The van der Waals surface area contributed by atoms with Crippen molar-refractivity contribution in [3.63, 3.8) is 0 Å². The molecule has 2 atom stereocenters. The number of ether oxygens (including phenoxy) is 1. The number of halogens is 3. The molecule has 1 fully saturated rings. The van der Waals surface area contributed by atoms with Gasteiger partial charge >= 0.3 is 0 Å². The highest BCUT2D eigenvalue weighted by atomic mass is 127. The minimum atomic E-state index is -4.17. The van der Waals surface area contributed by atoms with E-state index < -0.39 is 38.7 Å². The molecule has 2 heterocycles. The topological polar surface area (TPSA) is 128 Å². The SMILES string of the molecule is Cn1cnc(S(=O)(=O)C(Oc2cc(F)cc(Nc3ccc(I)cc3F)c2C(N)=O)C2CCCNC2)c1. The molecule has 4 N–H and O–H groups in total. The molecule has 0 aliphatic carbocycles. The number of amides is 1. The minimum Gasteiger partial charge on any atom is -0.473 e. The van der Waals surface area contributed by atoms with Crippen LogP contribution in [0.25, 0.3) is 0 Å². The third-order valence-corrected chi connectivity index (χ3v) is 8.31. The Bertz CT molecular complexity index is 1390. The van der Waals surface area contributed by atoms with Crippen LogP contribution in [-0.4, -0.2) is 42.4 Å². The summed E-state index contributed by atoms with van der Waals surface area (Å²) >= 11 is 1.94. The summed E-state index contributed by atoms with van der Waals surface area (Å²) in [6, 6.07) is 6.17. The van der Waals surface area contributed by atoms with E-state index in [4.69, 9.17) is 10.5 Å². The molecular weight excluding hydrogens is 607 g/mol. The quantitative estimate of drug-likeness (QED) is 0.326. The number of hydrogen-bond donors (Lipinski definition) is 3. The minimum absolute atomic E-state index is 0.0244. The van der Waals surface area contributed by atoms with Crippen LogP contribution in [0.3, 0.4) is 0 Å². The van der Waals surface area contributed by atoms with Crippen LogP contribution in [0.4, 0.5) is 20.2 Å². The Kier molecular flexibility index (Phi) is 7.80. The Morgan fingerprint density at radius 3 is 2.69 bits per heavy atom. The van der Waals surface area contributed by atoms with E-state index in [1.165, 1.54) is 29.2 Å². The van der Waals surface area contributed by atoms with Gasteiger partial charge in [-0.2, -0.15) is 0 Å². The van der Waals surface area contributed by atoms with Gasteiger partial charge in [0.2, 0.25) is 15.3 Å². The van der Waals surface area contributed by atoms with E-state index in [1.807, 2.05) is 22.6 Å². The van der Waals surface area contributed by atoms with E-state index in [-0.39, 0.29) is 27.7 Å². The lowest BCUT2D eigenvalue weighted by molar-refractivity contribution is 0.0992. The number of primary amides is 1. The average Bonchev–Trinajstić information content (AvgIpc) is 3.26. The van der Waals surface area contributed by atoms with E-state index in [2.05, 4.69) is 15.6 Å². The summed E-state index contributed by atoms with van der Waals surface area (Å²) in [5.74, 6) is -3.35. The Morgan fingerprint density at radius 1 is 1.31 bits per heavy atom. The van der Waals surface area contributed by atoms with Gasteiger partial charge in [0.05, 0.1) is 17.7 Å². The maximum absolute atomic E-state index is 14.7. The van der Waals surface area contributed by atoms with Crippen molar-refractivity contribution < 1.29 is 26.7 Å². The molecule has 0 saturated carbocycles. The molecule has 1 aliphatic rings. The fourth-order valence-corrected chi connectivity index (χ4v) is 6.24. The molecule has 3 aromatic rings. The normalized spacial score (nSPS) is 16.9. The number of hydrogen-bond acceptors (Lipinski definition) is 7. The number of benzene rings is 2. The molecule has 1 aromatic heterocycles. The number of nitrogens with one attached hydrogen (secondary N) is 2. The number of rotatable bonds is 8. The first-order valence-electron chi connectivity index (χ1n) is 11.0. The van der Waals surface area contributed by atoms with Crippen molar-refractivity contribution in [2.24, 2.45) is 18.7 Å². The van der Waals surface area contributed by atoms with Crippen LogP contribution in [0.1, 0.15) is 23.2 Å². The lowest BCUT2D eigenvalue weighted by atomic mass is 10.0. The standard InChI is InChI=1S/C23H24F2IN5O4S/c1-31-11-20(29-12-31)36(33,34)23(13-3-2-6-28-10-13)35-19-8-14(24)7-18(21(19)22(27)32)30-17-5-4-15(26)9-16(17)25/h4-5,7-9,11-13,23,28,30H,2-3,6,10H2,1H3,(H2,27,32). The summed E-state index contributed by atoms with van der Waals surface area (Å²) in [7, 11) is -2.54. The number of nitrogens with zero attached hydrogens (tertiary/aromatic N) is 2. The van der Waals surface area contributed by atoms with Crippen LogP contribution in [0.2, 0.25) is 0 Å². The first-order valence-corrected chi connectivity index (χ1v) is 13.6. The van der Waals surface area contributed by atoms with E-state index in [0.717, 1.165) is 18.7 Å². The van der Waals surface area contributed by atoms with Crippen LogP contribution in [-0.2, 0) is 16.9 Å². The number of nitrogens with two attached hydrogens (primary N) is 1. The molecule has 0 spiro atoms. The molecule has 36 heavy (non-hydrogen) atoms. The number of anilines is 2. The summed E-state index contributed by atoms with van der Waals surface area (Å²) < 4.78 is 64.4. The number of aromatic nitrogens is 2. The number of aryl methyl sites for hydroxylation is 1. The summed E-state index contributed by atoms with van der Waals surface area (Å²) in [4.78, 5) is 16.4. The summed E-state index contributed by atoms with van der Waals surface area (Å²) in [6.07, 6.45) is 3.91. The first kappa shape index (κ1) is 26.3. The Hall–Kier alpha value is -2.78. The Balaban J connectivity index is 1.79. The molecule has 9 nitrogen and oxygen atoms in total. The molecule has 0 radical (unpaired) electrons. The van der Waals surface area contributed by atoms with Crippen LogP contribution < -0.4 is 21.1 Å². The van der Waals surface area contributed by atoms with Crippen molar-refractivity contribution in [1.29, 1.82) is 0 Å². The number of sulfone groups is 1. The molecule has 1 aliphatic heterocycles. The van der Waals surface area contributed by atoms with Gasteiger partial charge in [-0.15, -0.1) is 0 Å². The number of carbonyl (C=O) groups excluding carboxylic acids is 1. The predicted molar refractivity (Wildman–Crippen MR) is 138 cm³/mol. The number of piperidine rings is 1. The third-order valence-electron chi connectivity index (χ3n) is 5.76. The maximum atomic E-state index is 14.7. The monoisotopic (exact) mass is 631 g/mol. The van der Waals surface area contributed by atoms with Gasteiger partial charge in [-0.25, -0.2) is 22.2 Å². The zero-order chi connectivity index (χ0) is 26.0. The van der Waals surface area contributed by atoms with Gasteiger partial charge in [0, 0.05) is 35.3 Å². The molecule has 2 aromatic carbocycles. The smallest absolute Gasteiger partial charge is 0.254 e. The lowest BCUT2D eigenvalue weighted by Gasteiger charge is -2.31. The van der Waals surface area contributed by atoms with Crippen LogP contribution in [0.15, 0.2) is 47.9 Å².